The third-order valence-electron chi connectivity index (χ3n) is 12.2. The van der Waals surface area contributed by atoms with Crippen molar-refractivity contribution in [2.24, 2.45) is 0 Å². The van der Waals surface area contributed by atoms with Crippen LogP contribution in [0.3, 0.4) is 0 Å². The van der Waals surface area contributed by atoms with Crippen LogP contribution in [0.2, 0.25) is 0 Å². The fourth-order valence-electron chi connectivity index (χ4n) is 8.77. The summed E-state index contributed by atoms with van der Waals surface area (Å²) < 4.78 is 7.09. The van der Waals surface area contributed by atoms with Crippen LogP contribution in [0.1, 0.15) is 0 Å². The Morgan fingerprint density at radius 3 is 1.15 bits per heavy atom. The van der Waals surface area contributed by atoms with E-state index in [1.54, 1.807) is 0 Å². The lowest BCUT2D eigenvalue weighted by Gasteiger charge is -2.12. The minimum atomic E-state index is 0.529. The van der Waals surface area contributed by atoms with Gasteiger partial charge in [0.05, 0.1) is 11.4 Å². The average molecular weight is 858 g/mol. The molecule has 6 heteroatoms. The highest BCUT2D eigenvalue weighted by Crippen LogP contribution is 2.43. The summed E-state index contributed by atoms with van der Waals surface area (Å²) in [6.07, 6.45) is 0. The highest BCUT2D eigenvalue weighted by Gasteiger charge is 2.22. The summed E-state index contributed by atoms with van der Waals surface area (Å²) in [5, 5.41) is 1.90. The van der Waals surface area contributed by atoms with Gasteiger partial charge < -0.3 is 4.42 Å². The molecule has 3 aromatic heterocycles. The molecule has 0 spiro atoms. The summed E-state index contributed by atoms with van der Waals surface area (Å²) in [4.78, 5) is 26.1. The number of benzene rings is 9. The summed E-state index contributed by atoms with van der Waals surface area (Å²) in [6.45, 7) is 0. The lowest BCUT2D eigenvalue weighted by atomic mass is 9.98. The van der Waals surface area contributed by atoms with Crippen LogP contribution in [-0.4, -0.2) is 24.9 Å². The summed E-state index contributed by atoms with van der Waals surface area (Å²) in [5.74, 6) is 2.28. The molecule has 0 aliphatic heterocycles. The van der Waals surface area contributed by atoms with Crippen molar-refractivity contribution in [2.75, 3.05) is 0 Å². The van der Waals surface area contributed by atoms with Gasteiger partial charge in [-0.2, -0.15) is 0 Å². The third kappa shape index (κ3) is 7.73. The largest absolute Gasteiger partial charge is 0.455 e. The van der Waals surface area contributed by atoms with Crippen molar-refractivity contribution in [1.29, 1.82) is 0 Å². The Hall–Kier alpha value is -9.13. The van der Waals surface area contributed by atoms with Crippen molar-refractivity contribution < 1.29 is 4.42 Å². The van der Waals surface area contributed by atoms with Crippen LogP contribution in [-0.2, 0) is 0 Å². The lowest BCUT2D eigenvalue weighted by molar-refractivity contribution is 0.671. The molecule has 12 rings (SSSR count). The van der Waals surface area contributed by atoms with E-state index in [2.05, 4.69) is 158 Å². The molecule has 9 aromatic carbocycles. The quantitative estimate of drug-likeness (QED) is 0.144. The maximum Gasteiger partial charge on any atom is 0.164 e. The second-order valence-electron chi connectivity index (χ2n) is 16.4. The fourth-order valence-corrected chi connectivity index (χ4v) is 8.77. The topological polar surface area (TPSA) is 77.6 Å². The van der Waals surface area contributed by atoms with E-state index in [0.29, 0.717) is 34.6 Å². The van der Waals surface area contributed by atoms with E-state index in [9.17, 15) is 0 Å². The van der Waals surface area contributed by atoms with Crippen molar-refractivity contribution in [3.63, 3.8) is 0 Å². The lowest BCUT2D eigenvalue weighted by Crippen LogP contribution is -2.01. The Kier molecular flexibility index (Phi) is 10.1. The molecule has 0 N–H and O–H groups in total. The first kappa shape index (κ1) is 39.5. The Labute approximate surface area is 387 Å². The molecule has 0 aliphatic rings. The first-order chi connectivity index (χ1) is 33.2. The van der Waals surface area contributed by atoms with Crippen LogP contribution in [0.4, 0.5) is 0 Å². The molecule has 3 heterocycles. The van der Waals surface area contributed by atoms with Gasteiger partial charge in [0.15, 0.2) is 23.3 Å². The highest BCUT2D eigenvalue weighted by molar-refractivity contribution is 6.14. The van der Waals surface area contributed by atoms with Gasteiger partial charge >= 0.3 is 0 Å². The van der Waals surface area contributed by atoms with E-state index in [1.807, 2.05) is 78.9 Å². The molecule has 0 amide bonds. The van der Waals surface area contributed by atoms with Gasteiger partial charge in [0.2, 0.25) is 0 Å². The predicted molar refractivity (Wildman–Crippen MR) is 272 cm³/mol. The van der Waals surface area contributed by atoms with E-state index in [4.69, 9.17) is 29.3 Å². The number of fused-ring (bicyclic) bond motifs is 3. The van der Waals surface area contributed by atoms with E-state index >= 15 is 0 Å². The molecule has 0 saturated heterocycles. The van der Waals surface area contributed by atoms with Crippen LogP contribution in [0.5, 0.6) is 0 Å². The fraction of sp³-hybridized carbons (Fsp3) is 0. The minimum Gasteiger partial charge on any atom is -0.455 e. The first-order valence-corrected chi connectivity index (χ1v) is 22.3. The molecule has 0 radical (unpaired) electrons. The predicted octanol–water partition coefficient (Wildman–Crippen LogP) is 15.6. The van der Waals surface area contributed by atoms with Crippen molar-refractivity contribution in [1.82, 2.24) is 24.9 Å². The molecular weight excluding hydrogens is 819 g/mol. The second-order valence-corrected chi connectivity index (χ2v) is 16.4. The molecule has 0 atom stereocenters. The summed E-state index contributed by atoms with van der Waals surface area (Å²) >= 11 is 0. The Balaban J connectivity index is 1.09. The molecule has 0 unspecified atom stereocenters. The SMILES string of the molecule is c1ccc(-c2ccc(-c3cc(-c4cc(-c5nc(-c6ccccc6)nc(-c6ccc(-c7ccccc7)cc6)n5)cc5c4oc4c(-c6ccccc6)cccc45)nc(-c4ccccc4)n3)cc2)cc1. The molecular formula is C61H39N5O. The van der Waals surface area contributed by atoms with Crippen LogP contribution in [0.25, 0.3) is 123 Å². The average Bonchev–Trinajstić information content (AvgIpc) is 3.81. The zero-order chi connectivity index (χ0) is 44.5. The van der Waals surface area contributed by atoms with Gasteiger partial charge in [-0.05, 0) is 46.0 Å². The third-order valence-corrected chi connectivity index (χ3v) is 12.2. The molecule has 0 bridgehead atoms. The number of rotatable bonds is 9. The van der Waals surface area contributed by atoms with Gasteiger partial charge in [-0.3, -0.25) is 0 Å². The Morgan fingerprint density at radius 1 is 0.224 bits per heavy atom. The zero-order valence-electron chi connectivity index (χ0n) is 36.2. The van der Waals surface area contributed by atoms with Crippen LogP contribution < -0.4 is 0 Å². The van der Waals surface area contributed by atoms with Crippen molar-refractivity contribution in [3.8, 4) is 101 Å². The van der Waals surface area contributed by atoms with E-state index in [1.165, 1.54) is 0 Å². The first-order valence-electron chi connectivity index (χ1n) is 22.3. The van der Waals surface area contributed by atoms with E-state index < -0.39 is 0 Å². The highest BCUT2D eigenvalue weighted by atomic mass is 16.3. The number of nitrogens with zero attached hydrogens (tertiary/aromatic N) is 5. The monoisotopic (exact) mass is 857 g/mol. The normalized spacial score (nSPS) is 11.3. The van der Waals surface area contributed by atoms with Crippen molar-refractivity contribution in [3.05, 3.63) is 237 Å². The number of hydrogen-bond donors (Lipinski definition) is 0. The maximum atomic E-state index is 7.09. The van der Waals surface area contributed by atoms with Crippen LogP contribution >= 0.6 is 0 Å². The van der Waals surface area contributed by atoms with Gasteiger partial charge in [0.25, 0.3) is 0 Å². The van der Waals surface area contributed by atoms with Gasteiger partial charge in [0, 0.05) is 49.7 Å². The van der Waals surface area contributed by atoms with E-state index in [0.717, 1.165) is 88.8 Å². The number of furan rings is 1. The standard InChI is InChI=1S/C61H39N5O/c1-6-17-40(18-7-1)42-29-33-45(34-30-42)54-39-55(63-58(62-54)46-23-12-4-13-24-46)53-38-49(37-52-51-28-16-27-50(56(51)67-57(52)53)44-21-10-3-11-22-44)61-65-59(47-25-14-5-15-26-47)64-60(66-61)48-35-31-43(32-36-48)41-19-8-2-9-20-41/h1-39H. The van der Waals surface area contributed by atoms with E-state index in [-0.39, 0.29) is 0 Å². The second kappa shape index (κ2) is 17.1. The van der Waals surface area contributed by atoms with Crippen LogP contribution in [0.15, 0.2) is 241 Å². The summed E-state index contributed by atoms with van der Waals surface area (Å²) in [7, 11) is 0. The number of aromatic nitrogens is 5. The molecule has 0 fully saturated rings. The molecule has 0 aliphatic carbocycles. The van der Waals surface area contributed by atoms with Crippen molar-refractivity contribution in [2.45, 2.75) is 0 Å². The molecule has 6 nitrogen and oxygen atoms in total. The van der Waals surface area contributed by atoms with Gasteiger partial charge in [-0.15, -0.1) is 0 Å². The number of hydrogen-bond acceptors (Lipinski definition) is 6. The van der Waals surface area contributed by atoms with Crippen molar-refractivity contribution >= 4 is 21.9 Å². The number of para-hydroxylation sites is 1. The molecule has 314 valence electrons. The molecule has 67 heavy (non-hydrogen) atoms. The van der Waals surface area contributed by atoms with Gasteiger partial charge in [0.1, 0.15) is 11.2 Å². The molecule has 0 saturated carbocycles. The van der Waals surface area contributed by atoms with Gasteiger partial charge in [-0.1, -0.05) is 218 Å². The maximum absolute atomic E-state index is 7.09. The molecule has 12 aromatic rings. The smallest absolute Gasteiger partial charge is 0.164 e. The zero-order valence-corrected chi connectivity index (χ0v) is 36.2. The van der Waals surface area contributed by atoms with Crippen LogP contribution in [0, 0.1) is 0 Å². The Bertz CT molecular complexity index is 3690. The minimum absolute atomic E-state index is 0.529. The Morgan fingerprint density at radius 2 is 0.612 bits per heavy atom. The summed E-state index contributed by atoms with van der Waals surface area (Å²) in [5.41, 5.74) is 14.8. The van der Waals surface area contributed by atoms with Gasteiger partial charge in [-0.25, -0.2) is 24.9 Å². The summed E-state index contributed by atoms with van der Waals surface area (Å²) in [6, 6.07) is 81.0.